The summed E-state index contributed by atoms with van der Waals surface area (Å²) in [5.41, 5.74) is 1.63. The van der Waals surface area contributed by atoms with Crippen LogP contribution in [-0.2, 0) is 4.74 Å². The number of anilines is 1. The van der Waals surface area contributed by atoms with E-state index in [1.54, 1.807) is 6.92 Å². The fourth-order valence-electron chi connectivity index (χ4n) is 3.25. The molecule has 1 aliphatic rings. The van der Waals surface area contributed by atoms with E-state index in [9.17, 15) is 13.6 Å². The maximum absolute atomic E-state index is 13.7. The van der Waals surface area contributed by atoms with Gasteiger partial charge in [0.2, 0.25) is 5.92 Å². The number of aryl methyl sites for hydroxylation is 2. The van der Waals surface area contributed by atoms with E-state index < -0.39 is 17.9 Å². The normalized spacial score (nSPS) is 18.9. The summed E-state index contributed by atoms with van der Waals surface area (Å²) in [6, 6.07) is 2.86. The first kappa shape index (κ1) is 19.2. The molecule has 1 atom stereocenters. The molecule has 9 heteroatoms. The Kier molecular flexibility index (Phi) is 5.38. The zero-order chi connectivity index (χ0) is 19.6. The monoisotopic (exact) mass is 379 g/mol. The maximum atomic E-state index is 13.7. The average Bonchev–Trinajstić information content (AvgIpc) is 2.92. The Hall–Kier alpha value is -2.58. The van der Waals surface area contributed by atoms with E-state index in [1.807, 2.05) is 19.9 Å². The van der Waals surface area contributed by atoms with Crippen molar-refractivity contribution in [3.63, 3.8) is 0 Å². The van der Waals surface area contributed by atoms with Crippen LogP contribution >= 0.6 is 0 Å². The third-order valence-electron chi connectivity index (χ3n) is 4.39. The molecular weight excluding hydrogens is 356 g/mol. The third-order valence-corrected chi connectivity index (χ3v) is 4.39. The molecule has 1 unspecified atom stereocenters. The van der Waals surface area contributed by atoms with Gasteiger partial charge in [-0.3, -0.25) is 0 Å². The van der Waals surface area contributed by atoms with Crippen molar-refractivity contribution in [2.75, 3.05) is 11.9 Å². The van der Waals surface area contributed by atoms with Gasteiger partial charge in [0.25, 0.3) is 5.95 Å². The number of hydrogen-bond acceptors (Lipinski definition) is 6. The lowest BCUT2D eigenvalue weighted by molar-refractivity contribution is -0.0373. The molecule has 3 rings (SSSR count). The van der Waals surface area contributed by atoms with Crippen molar-refractivity contribution >= 4 is 11.8 Å². The molecule has 27 heavy (non-hydrogen) atoms. The molecule has 7 nitrogen and oxygen atoms in total. The van der Waals surface area contributed by atoms with E-state index in [4.69, 9.17) is 4.74 Å². The summed E-state index contributed by atoms with van der Waals surface area (Å²) in [6.07, 6.45) is 0.690. The summed E-state index contributed by atoms with van der Waals surface area (Å²) in [6.45, 7) is 5.58. The maximum Gasteiger partial charge on any atom is 0.357 e. The number of ether oxygens (including phenoxy) is 1. The van der Waals surface area contributed by atoms with Crippen molar-refractivity contribution in [1.82, 2.24) is 19.7 Å². The minimum absolute atomic E-state index is 0.0551. The van der Waals surface area contributed by atoms with Crippen LogP contribution in [0, 0.1) is 13.8 Å². The van der Waals surface area contributed by atoms with Gasteiger partial charge in [-0.2, -0.15) is 10.1 Å². The Morgan fingerprint density at radius 3 is 2.78 bits per heavy atom. The van der Waals surface area contributed by atoms with Crippen molar-refractivity contribution < 1.29 is 18.3 Å². The van der Waals surface area contributed by atoms with Gasteiger partial charge in [0.1, 0.15) is 5.82 Å². The summed E-state index contributed by atoms with van der Waals surface area (Å²) in [4.78, 5) is 20.8. The highest BCUT2D eigenvalue weighted by Crippen LogP contribution is 2.34. The summed E-state index contributed by atoms with van der Waals surface area (Å²) >= 11 is 0. The van der Waals surface area contributed by atoms with Gasteiger partial charge in [-0.05, 0) is 39.7 Å². The first-order valence-corrected chi connectivity index (χ1v) is 9.01. The first-order valence-electron chi connectivity index (χ1n) is 9.01. The average molecular weight is 379 g/mol. The van der Waals surface area contributed by atoms with Gasteiger partial charge in [-0.15, -0.1) is 0 Å². The van der Waals surface area contributed by atoms with Crippen LogP contribution in [0.1, 0.15) is 54.5 Å². The predicted molar refractivity (Wildman–Crippen MR) is 95.4 cm³/mol. The lowest BCUT2D eigenvalue weighted by Gasteiger charge is -2.29. The van der Waals surface area contributed by atoms with Crippen LogP contribution < -0.4 is 5.32 Å². The smallest absolute Gasteiger partial charge is 0.357 e. The number of halogens is 2. The molecule has 0 aromatic carbocycles. The van der Waals surface area contributed by atoms with Crippen molar-refractivity contribution in [2.24, 2.45) is 0 Å². The second kappa shape index (κ2) is 7.58. The minimum Gasteiger partial charge on any atom is -0.461 e. The molecule has 1 fully saturated rings. The molecular formula is C18H23F2N5O2. The van der Waals surface area contributed by atoms with Crippen molar-refractivity contribution in [2.45, 2.75) is 58.4 Å². The molecule has 1 N–H and O–H groups in total. The van der Waals surface area contributed by atoms with E-state index >= 15 is 0 Å². The standard InChI is InChI=1S/C18H23F2N5O2/c1-4-27-16(26)14-9-15(21-13-6-5-7-18(19,20)10-13)23-17(22-14)25-12(3)8-11(2)24-25/h8-9,13H,4-7,10H2,1-3H3,(H,21,22,23). The minimum atomic E-state index is -2.69. The van der Waals surface area contributed by atoms with Crippen molar-refractivity contribution in [1.29, 1.82) is 0 Å². The molecule has 1 saturated carbocycles. The zero-order valence-electron chi connectivity index (χ0n) is 15.6. The molecule has 0 saturated heterocycles. The van der Waals surface area contributed by atoms with Gasteiger partial charge in [-0.25, -0.2) is 23.2 Å². The highest BCUT2D eigenvalue weighted by molar-refractivity contribution is 5.88. The van der Waals surface area contributed by atoms with Crippen molar-refractivity contribution in [3.8, 4) is 5.95 Å². The van der Waals surface area contributed by atoms with Crippen LogP contribution in [0.4, 0.5) is 14.6 Å². The summed E-state index contributed by atoms with van der Waals surface area (Å²) < 4.78 is 33.9. The van der Waals surface area contributed by atoms with Crippen molar-refractivity contribution in [3.05, 3.63) is 29.2 Å². The number of carbonyl (C=O) groups is 1. The number of rotatable bonds is 5. The van der Waals surface area contributed by atoms with E-state index in [1.165, 1.54) is 10.7 Å². The summed E-state index contributed by atoms with van der Waals surface area (Å²) in [7, 11) is 0. The Bertz CT molecular complexity index is 837. The molecule has 0 radical (unpaired) electrons. The van der Waals surface area contributed by atoms with Crippen LogP contribution in [0.5, 0.6) is 0 Å². The van der Waals surface area contributed by atoms with E-state index in [0.29, 0.717) is 18.7 Å². The topological polar surface area (TPSA) is 81.9 Å². The summed E-state index contributed by atoms with van der Waals surface area (Å²) in [5, 5.41) is 7.36. The van der Waals surface area contributed by atoms with E-state index in [2.05, 4.69) is 20.4 Å². The lowest BCUT2D eigenvalue weighted by Crippen LogP contribution is -2.34. The molecule has 0 aliphatic heterocycles. The quantitative estimate of drug-likeness (QED) is 0.802. The molecule has 0 amide bonds. The molecule has 2 aromatic rings. The SMILES string of the molecule is CCOC(=O)c1cc(NC2CCCC(F)(F)C2)nc(-n2nc(C)cc2C)n1. The molecule has 2 aromatic heterocycles. The number of carbonyl (C=O) groups excluding carboxylic acids is 1. The highest BCUT2D eigenvalue weighted by atomic mass is 19.3. The number of aromatic nitrogens is 4. The second-order valence-corrected chi connectivity index (χ2v) is 6.79. The van der Waals surface area contributed by atoms with Gasteiger partial charge in [0.15, 0.2) is 5.69 Å². The lowest BCUT2D eigenvalue weighted by atomic mass is 9.92. The molecule has 0 bridgehead atoms. The third kappa shape index (κ3) is 4.58. The fraction of sp³-hybridized carbons (Fsp3) is 0.556. The summed E-state index contributed by atoms with van der Waals surface area (Å²) in [5.74, 6) is -2.79. The molecule has 0 spiro atoms. The number of nitrogens with one attached hydrogen (secondary N) is 1. The van der Waals surface area contributed by atoms with Gasteiger partial charge in [0, 0.05) is 30.6 Å². The fourth-order valence-corrected chi connectivity index (χ4v) is 3.25. The second-order valence-electron chi connectivity index (χ2n) is 6.79. The molecule has 1 aliphatic carbocycles. The van der Waals surface area contributed by atoms with Gasteiger partial charge in [-0.1, -0.05) is 0 Å². The van der Waals surface area contributed by atoms with Crippen LogP contribution in [-0.4, -0.2) is 44.3 Å². The Morgan fingerprint density at radius 1 is 1.37 bits per heavy atom. The van der Waals surface area contributed by atoms with E-state index in [0.717, 1.165) is 11.4 Å². The Morgan fingerprint density at radius 2 is 2.15 bits per heavy atom. The van der Waals surface area contributed by atoms with Crippen LogP contribution in [0.3, 0.4) is 0 Å². The van der Waals surface area contributed by atoms with Crippen LogP contribution in [0.2, 0.25) is 0 Å². The van der Waals surface area contributed by atoms with Gasteiger partial charge >= 0.3 is 5.97 Å². The molecule has 2 heterocycles. The number of nitrogens with zero attached hydrogens (tertiary/aromatic N) is 4. The van der Waals surface area contributed by atoms with E-state index in [-0.39, 0.29) is 31.1 Å². The van der Waals surface area contributed by atoms with Gasteiger partial charge in [0.05, 0.1) is 12.3 Å². The van der Waals surface area contributed by atoms with Gasteiger partial charge < -0.3 is 10.1 Å². The zero-order valence-corrected chi connectivity index (χ0v) is 15.6. The first-order chi connectivity index (χ1) is 12.8. The Balaban J connectivity index is 1.94. The largest absolute Gasteiger partial charge is 0.461 e. The Labute approximate surface area is 156 Å². The van der Waals surface area contributed by atoms with Crippen LogP contribution in [0.15, 0.2) is 12.1 Å². The number of esters is 1. The predicted octanol–water partition coefficient (Wildman–Crippen LogP) is 3.45. The van der Waals surface area contributed by atoms with Crippen LogP contribution in [0.25, 0.3) is 5.95 Å². The highest BCUT2D eigenvalue weighted by Gasteiger charge is 2.36. The number of hydrogen-bond donors (Lipinski definition) is 1. The molecule has 146 valence electrons. The number of alkyl halides is 2.